The van der Waals surface area contributed by atoms with E-state index >= 15 is 0 Å². The zero-order valence-corrected chi connectivity index (χ0v) is 11.3. The van der Waals surface area contributed by atoms with Crippen LogP contribution >= 0.6 is 0 Å². The van der Waals surface area contributed by atoms with Gasteiger partial charge in [0.05, 0.1) is 0 Å². The van der Waals surface area contributed by atoms with Crippen molar-refractivity contribution in [2.45, 2.75) is 38.8 Å². The van der Waals surface area contributed by atoms with Crippen LogP contribution in [0.15, 0.2) is 10.9 Å². The van der Waals surface area contributed by atoms with Crippen LogP contribution in [0.2, 0.25) is 0 Å². The highest BCUT2D eigenvalue weighted by Gasteiger charge is 2.18. The number of aryl methyl sites for hydroxylation is 1. The van der Waals surface area contributed by atoms with E-state index in [2.05, 4.69) is 11.4 Å². The number of ether oxygens (including phenoxy) is 1. The van der Waals surface area contributed by atoms with Gasteiger partial charge in [0.15, 0.2) is 0 Å². The molecule has 2 rings (SSSR count). The number of nitrogens with one attached hydrogen (secondary N) is 1. The van der Waals surface area contributed by atoms with Gasteiger partial charge in [-0.15, -0.1) is 0 Å². The monoisotopic (exact) mass is 250 g/mol. The molecule has 0 spiro atoms. The van der Waals surface area contributed by atoms with Crippen molar-refractivity contribution in [3.63, 3.8) is 0 Å². The van der Waals surface area contributed by atoms with Crippen LogP contribution in [0.25, 0.3) is 0 Å². The number of rotatable bonds is 6. The molecule has 0 amide bonds. The standard InChI is InChI=1S/C14H22N2O2/c1-15-10-12-9-11-5-3-6-13(11)16(14(12)17)7-4-8-18-2/h9,15H,3-8,10H2,1-2H3. The topological polar surface area (TPSA) is 43.3 Å². The van der Waals surface area contributed by atoms with Gasteiger partial charge in [0.25, 0.3) is 5.56 Å². The molecule has 0 unspecified atom stereocenters. The smallest absolute Gasteiger partial charge is 0.255 e. The van der Waals surface area contributed by atoms with Crippen molar-refractivity contribution in [3.05, 3.63) is 33.2 Å². The Morgan fingerprint density at radius 3 is 3.00 bits per heavy atom. The molecule has 0 fully saturated rings. The second-order valence-electron chi connectivity index (χ2n) is 4.83. The molecule has 100 valence electrons. The average Bonchev–Trinajstić information content (AvgIpc) is 2.81. The van der Waals surface area contributed by atoms with Gasteiger partial charge >= 0.3 is 0 Å². The molecular formula is C14H22N2O2. The molecular weight excluding hydrogens is 228 g/mol. The van der Waals surface area contributed by atoms with Crippen LogP contribution in [0.1, 0.15) is 29.7 Å². The van der Waals surface area contributed by atoms with Crippen LogP contribution in [-0.2, 0) is 30.7 Å². The van der Waals surface area contributed by atoms with Crippen molar-refractivity contribution in [2.75, 3.05) is 20.8 Å². The van der Waals surface area contributed by atoms with Crippen LogP contribution in [0.5, 0.6) is 0 Å². The van der Waals surface area contributed by atoms with E-state index in [0.717, 1.165) is 31.4 Å². The second kappa shape index (κ2) is 6.16. The van der Waals surface area contributed by atoms with Gasteiger partial charge in [-0.05, 0) is 44.4 Å². The summed E-state index contributed by atoms with van der Waals surface area (Å²) in [5.74, 6) is 0. The first kappa shape index (κ1) is 13.3. The van der Waals surface area contributed by atoms with Crippen molar-refractivity contribution < 1.29 is 4.74 Å². The third kappa shape index (κ3) is 2.65. The van der Waals surface area contributed by atoms with Crippen LogP contribution < -0.4 is 10.9 Å². The van der Waals surface area contributed by atoms with Gasteiger partial charge in [0.2, 0.25) is 0 Å². The molecule has 0 aliphatic heterocycles. The minimum absolute atomic E-state index is 0.168. The Morgan fingerprint density at radius 2 is 2.28 bits per heavy atom. The van der Waals surface area contributed by atoms with E-state index in [4.69, 9.17) is 4.74 Å². The van der Waals surface area contributed by atoms with E-state index in [9.17, 15) is 4.79 Å². The number of fused-ring (bicyclic) bond motifs is 1. The van der Waals surface area contributed by atoms with Gasteiger partial charge in [-0.25, -0.2) is 0 Å². The molecule has 1 aliphatic rings. The molecule has 0 saturated carbocycles. The molecule has 0 atom stereocenters. The quantitative estimate of drug-likeness (QED) is 0.769. The number of hydrogen-bond acceptors (Lipinski definition) is 3. The lowest BCUT2D eigenvalue weighted by atomic mass is 10.1. The highest BCUT2D eigenvalue weighted by molar-refractivity contribution is 5.30. The first-order valence-corrected chi connectivity index (χ1v) is 6.66. The highest BCUT2D eigenvalue weighted by atomic mass is 16.5. The molecule has 1 N–H and O–H groups in total. The molecule has 18 heavy (non-hydrogen) atoms. The van der Waals surface area contributed by atoms with Crippen molar-refractivity contribution in [1.29, 1.82) is 0 Å². The number of pyridine rings is 1. The zero-order valence-electron chi connectivity index (χ0n) is 11.3. The molecule has 1 aromatic heterocycles. The van der Waals surface area contributed by atoms with E-state index in [1.807, 2.05) is 11.6 Å². The lowest BCUT2D eigenvalue weighted by Crippen LogP contribution is -2.29. The van der Waals surface area contributed by atoms with E-state index in [1.165, 1.54) is 17.7 Å². The largest absolute Gasteiger partial charge is 0.385 e. The number of nitrogens with zero attached hydrogens (tertiary/aromatic N) is 1. The molecule has 1 aromatic rings. The van der Waals surface area contributed by atoms with Crippen LogP contribution in [-0.4, -0.2) is 25.3 Å². The third-order valence-electron chi connectivity index (χ3n) is 3.52. The fraction of sp³-hybridized carbons (Fsp3) is 0.643. The molecule has 1 aliphatic carbocycles. The van der Waals surface area contributed by atoms with Crippen molar-refractivity contribution in [3.8, 4) is 0 Å². The van der Waals surface area contributed by atoms with E-state index in [0.29, 0.717) is 13.2 Å². The van der Waals surface area contributed by atoms with Gasteiger partial charge in [0, 0.05) is 38.1 Å². The lowest BCUT2D eigenvalue weighted by molar-refractivity contribution is 0.189. The summed E-state index contributed by atoms with van der Waals surface area (Å²) in [5, 5.41) is 3.07. The molecule has 0 aromatic carbocycles. The van der Waals surface area contributed by atoms with Crippen molar-refractivity contribution in [2.24, 2.45) is 0 Å². The summed E-state index contributed by atoms with van der Waals surface area (Å²) in [7, 11) is 3.58. The summed E-state index contributed by atoms with van der Waals surface area (Å²) >= 11 is 0. The van der Waals surface area contributed by atoms with Gasteiger partial charge in [-0.1, -0.05) is 0 Å². The first-order chi connectivity index (χ1) is 8.77. The Morgan fingerprint density at radius 1 is 1.44 bits per heavy atom. The normalized spacial score (nSPS) is 13.9. The summed E-state index contributed by atoms with van der Waals surface area (Å²) in [6.07, 6.45) is 4.21. The van der Waals surface area contributed by atoms with Gasteiger partial charge in [-0.2, -0.15) is 0 Å². The Bertz CT molecular complexity index is 466. The maximum absolute atomic E-state index is 12.4. The van der Waals surface area contributed by atoms with Gasteiger partial charge < -0.3 is 14.6 Å². The second-order valence-corrected chi connectivity index (χ2v) is 4.83. The van der Waals surface area contributed by atoms with Crippen molar-refractivity contribution in [1.82, 2.24) is 9.88 Å². The van der Waals surface area contributed by atoms with Crippen LogP contribution in [0, 0.1) is 0 Å². The average molecular weight is 250 g/mol. The summed E-state index contributed by atoms with van der Waals surface area (Å²) < 4.78 is 7.04. The number of hydrogen-bond donors (Lipinski definition) is 1. The lowest BCUT2D eigenvalue weighted by Gasteiger charge is -2.14. The van der Waals surface area contributed by atoms with E-state index in [1.54, 1.807) is 7.11 Å². The highest BCUT2D eigenvalue weighted by Crippen LogP contribution is 2.21. The first-order valence-electron chi connectivity index (χ1n) is 6.66. The molecule has 4 nitrogen and oxygen atoms in total. The fourth-order valence-corrected chi connectivity index (χ4v) is 2.70. The number of methoxy groups -OCH3 is 1. The maximum atomic E-state index is 12.4. The molecule has 4 heteroatoms. The SMILES string of the molecule is CNCc1cc2c(n(CCCOC)c1=O)CCC2. The summed E-state index contributed by atoms with van der Waals surface area (Å²) in [5.41, 5.74) is 3.66. The van der Waals surface area contributed by atoms with Crippen molar-refractivity contribution >= 4 is 0 Å². The minimum Gasteiger partial charge on any atom is -0.385 e. The molecule has 1 heterocycles. The predicted molar refractivity (Wildman–Crippen MR) is 72.0 cm³/mol. The fourth-order valence-electron chi connectivity index (χ4n) is 2.70. The van der Waals surface area contributed by atoms with E-state index in [-0.39, 0.29) is 5.56 Å². The summed E-state index contributed by atoms with van der Waals surface area (Å²) in [6, 6.07) is 2.09. The number of aromatic nitrogens is 1. The Balaban J connectivity index is 2.32. The van der Waals surface area contributed by atoms with Crippen LogP contribution in [0.3, 0.4) is 0 Å². The zero-order chi connectivity index (χ0) is 13.0. The third-order valence-corrected chi connectivity index (χ3v) is 3.52. The predicted octanol–water partition coefficient (Wildman–Crippen LogP) is 1.09. The Hall–Kier alpha value is -1.13. The maximum Gasteiger partial charge on any atom is 0.255 e. The summed E-state index contributed by atoms with van der Waals surface area (Å²) in [4.78, 5) is 12.4. The molecule has 0 saturated heterocycles. The molecule has 0 radical (unpaired) electrons. The van der Waals surface area contributed by atoms with Crippen LogP contribution in [0.4, 0.5) is 0 Å². The van der Waals surface area contributed by atoms with E-state index < -0.39 is 0 Å². The Labute approximate surface area is 108 Å². The van der Waals surface area contributed by atoms with Gasteiger partial charge in [0.1, 0.15) is 0 Å². The Kier molecular flexibility index (Phi) is 4.55. The van der Waals surface area contributed by atoms with Gasteiger partial charge in [-0.3, -0.25) is 4.79 Å². The summed E-state index contributed by atoms with van der Waals surface area (Å²) in [6.45, 7) is 2.13. The minimum atomic E-state index is 0.168. The molecule has 0 bridgehead atoms.